The van der Waals surface area contributed by atoms with Crippen LogP contribution in [-0.2, 0) is 4.79 Å². The van der Waals surface area contributed by atoms with Crippen molar-refractivity contribution in [3.8, 4) is 0 Å². The predicted octanol–water partition coefficient (Wildman–Crippen LogP) is 1.09. The summed E-state index contributed by atoms with van der Waals surface area (Å²) in [6, 6.07) is 5.66. The van der Waals surface area contributed by atoms with E-state index in [0.717, 1.165) is 5.69 Å². The fourth-order valence-corrected chi connectivity index (χ4v) is 2.30. The van der Waals surface area contributed by atoms with Gasteiger partial charge in [-0.1, -0.05) is 6.07 Å². The summed E-state index contributed by atoms with van der Waals surface area (Å²) in [6.45, 7) is 4.01. The summed E-state index contributed by atoms with van der Waals surface area (Å²) in [5, 5.41) is 0. The minimum Gasteiger partial charge on any atom is -0.330 e. The topological polar surface area (TPSA) is 59.2 Å². The summed E-state index contributed by atoms with van der Waals surface area (Å²) in [6.07, 6.45) is 2.16. The van der Waals surface area contributed by atoms with Gasteiger partial charge in [0.25, 0.3) is 0 Å². The fourth-order valence-electron chi connectivity index (χ4n) is 2.30. The Balaban J connectivity index is 2.34. The van der Waals surface area contributed by atoms with E-state index in [0.29, 0.717) is 6.42 Å². The van der Waals surface area contributed by atoms with Gasteiger partial charge in [0.1, 0.15) is 0 Å². The summed E-state index contributed by atoms with van der Waals surface area (Å²) in [5.74, 6) is 0.123. The maximum absolute atomic E-state index is 11.8. The Hall–Kier alpha value is -1.42. The average Bonchev–Trinajstić information content (AvgIpc) is 2.55. The highest BCUT2D eigenvalue weighted by Crippen LogP contribution is 2.32. The molecule has 2 heterocycles. The first-order valence-electron chi connectivity index (χ1n) is 5.59. The van der Waals surface area contributed by atoms with Crippen molar-refractivity contribution >= 4 is 5.91 Å². The number of carbonyl (C=O) groups is 1. The summed E-state index contributed by atoms with van der Waals surface area (Å²) in [5.41, 5.74) is 6.91. The van der Waals surface area contributed by atoms with E-state index >= 15 is 0 Å². The molecule has 86 valence electrons. The lowest BCUT2D eigenvalue weighted by Gasteiger charge is -2.29. The molecule has 2 rings (SSSR count). The van der Waals surface area contributed by atoms with E-state index in [1.165, 1.54) is 0 Å². The number of hydrogen-bond donors (Lipinski definition) is 1. The number of nitrogens with two attached hydrogens (primary N) is 1. The van der Waals surface area contributed by atoms with Gasteiger partial charge in [-0.05, 0) is 26.0 Å². The molecule has 1 amide bonds. The van der Waals surface area contributed by atoms with Crippen LogP contribution in [-0.4, -0.2) is 27.9 Å². The number of rotatable bonds is 2. The van der Waals surface area contributed by atoms with Gasteiger partial charge < -0.3 is 10.6 Å². The van der Waals surface area contributed by atoms with Crippen LogP contribution < -0.4 is 5.73 Å². The molecule has 4 heteroatoms. The molecule has 16 heavy (non-hydrogen) atoms. The predicted molar refractivity (Wildman–Crippen MR) is 61.6 cm³/mol. The highest BCUT2D eigenvalue weighted by atomic mass is 16.2. The molecule has 0 aromatic carbocycles. The van der Waals surface area contributed by atoms with E-state index in [1.807, 2.05) is 36.9 Å². The highest BCUT2D eigenvalue weighted by molar-refractivity contribution is 5.80. The third kappa shape index (κ3) is 1.80. The van der Waals surface area contributed by atoms with Crippen LogP contribution in [0.15, 0.2) is 24.4 Å². The quantitative estimate of drug-likeness (QED) is 0.810. The molecule has 4 nitrogen and oxygen atoms in total. The molecule has 1 aliphatic heterocycles. The summed E-state index contributed by atoms with van der Waals surface area (Å²) >= 11 is 0. The zero-order valence-corrected chi connectivity index (χ0v) is 9.63. The molecular weight excluding hydrogens is 202 g/mol. The Bertz CT molecular complexity index is 377. The molecule has 1 saturated heterocycles. The van der Waals surface area contributed by atoms with Crippen LogP contribution in [0.2, 0.25) is 0 Å². The third-order valence-corrected chi connectivity index (χ3v) is 2.95. The summed E-state index contributed by atoms with van der Waals surface area (Å²) in [4.78, 5) is 18.0. The SMILES string of the molecule is CC(C)N1C(=O)CC(N)C1c1ccccn1. The van der Waals surface area contributed by atoms with Gasteiger partial charge in [-0.2, -0.15) is 0 Å². The lowest BCUT2D eigenvalue weighted by molar-refractivity contribution is -0.130. The molecule has 1 aliphatic rings. The van der Waals surface area contributed by atoms with Crippen molar-refractivity contribution in [2.45, 2.75) is 38.4 Å². The van der Waals surface area contributed by atoms with Crippen molar-refractivity contribution in [3.63, 3.8) is 0 Å². The molecule has 2 atom stereocenters. The minimum absolute atomic E-state index is 0.0753. The van der Waals surface area contributed by atoms with Crippen LogP contribution in [0.25, 0.3) is 0 Å². The van der Waals surface area contributed by atoms with Crippen molar-refractivity contribution in [1.29, 1.82) is 0 Å². The number of carbonyl (C=O) groups excluding carboxylic acids is 1. The van der Waals surface area contributed by atoms with E-state index in [2.05, 4.69) is 4.98 Å². The highest BCUT2D eigenvalue weighted by Gasteiger charge is 2.40. The van der Waals surface area contributed by atoms with Gasteiger partial charge in [-0.25, -0.2) is 0 Å². The average molecular weight is 219 g/mol. The molecule has 1 aromatic heterocycles. The molecule has 2 unspecified atom stereocenters. The van der Waals surface area contributed by atoms with Gasteiger partial charge in [0.15, 0.2) is 0 Å². The van der Waals surface area contributed by atoms with Crippen molar-refractivity contribution in [3.05, 3.63) is 30.1 Å². The molecule has 0 aliphatic carbocycles. The number of amides is 1. The number of likely N-dealkylation sites (tertiary alicyclic amines) is 1. The van der Waals surface area contributed by atoms with Crippen LogP contribution in [0.4, 0.5) is 0 Å². The molecule has 1 aromatic rings. The van der Waals surface area contributed by atoms with Gasteiger partial charge >= 0.3 is 0 Å². The standard InChI is InChI=1S/C12H17N3O/c1-8(2)15-11(16)7-9(13)12(15)10-5-3-4-6-14-10/h3-6,8-9,12H,7,13H2,1-2H3. The Kier molecular flexibility index (Phi) is 2.92. The number of pyridine rings is 1. The van der Waals surface area contributed by atoms with Gasteiger partial charge in [0, 0.05) is 24.7 Å². The number of hydrogen-bond acceptors (Lipinski definition) is 3. The second kappa shape index (κ2) is 4.22. The summed E-state index contributed by atoms with van der Waals surface area (Å²) in [7, 11) is 0. The second-order valence-corrected chi connectivity index (χ2v) is 4.46. The lowest BCUT2D eigenvalue weighted by Crippen LogP contribution is -2.38. The summed E-state index contributed by atoms with van der Waals surface area (Å²) < 4.78 is 0. The largest absolute Gasteiger partial charge is 0.330 e. The van der Waals surface area contributed by atoms with E-state index in [9.17, 15) is 4.79 Å². The van der Waals surface area contributed by atoms with Crippen molar-refractivity contribution in [2.24, 2.45) is 5.73 Å². The molecule has 0 radical (unpaired) electrons. The van der Waals surface area contributed by atoms with Crippen molar-refractivity contribution in [1.82, 2.24) is 9.88 Å². The monoisotopic (exact) mass is 219 g/mol. The van der Waals surface area contributed by atoms with Gasteiger partial charge in [-0.3, -0.25) is 9.78 Å². The van der Waals surface area contributed by atoms with Gasteiger partial charge in [0.2, 0.25) is 5.91 Å². The Morgan fingerprint density at radius 3 is 2.81 bits per heavy atom. The van der Waals surface area contributed by atoms with E-state index in [1.54, 1.807) is 6.20 Å². The zero-order valence-electron chi connectivity index (χ0n) is 9.63. The van der Waals surface area contributed by atoms with E-state index < -0.39 is 0 Å². The van der Waals surface area contributed by atoms with Gasteiger partial charge in [0.05, 0.1) is 11.7 Å². The molecule has 1 fully saturated rings. The smallest absolute Gasteiger partial charge is 0.225 e. The Labute approximate surface area is 95.5 Å². The molecule has 2 N–H and O–H groups in total. The minimum atomic E-state index is -0.148. The maximum atomic E-state index is 11.8. The van der Waals surface area contributed by atoms with Crippen LogP contribution in [0.3, 0.4) is 0 Å². The van der Waals surface area contributed by atoms with E-state index in [4.69, 9.17) is 5.73 Å². The molecule has 0 spiro atoms. The lowest BCUT2D eigenvalue weighted by atomic mass is 10.1. The van der Waals surface area contributed by atoms with Crippen LogP contribution in [0, 0.1) is 0 Å². The zero-order chi connectivity index (χ0) is 11.7. The first-order chi connectivity index (χ1) is 7.61. The van der Waals surface area contributed by atoms with E-state index in [-0.39, 0.29) is 24.0 Å². The van der Waals surface area contributed by atoms with Crippen molar-refractivity contribution in [2.75, 3.05) is 0 Å². The Morgan fingerprint density at radius 2 is 2.25 bits per heavy atom. The number of aromatic nitrogens is 1. The van der Waals surface area contributed by atoms with Gasteiger partial charge in [-0.15, -0.1) is 0 Å². The Morgan fingerprint density at radius 1 is 1.50 bits per heavy atom. The first kappa shape index (κ1) is 11.1. The second-order valence-electron chi connectivity index (χ2n) is 4.46. The third-order valence-electron chi connectivity index (χ3n) is 2.95. The normalized spacial score (nSPS) is 25.5. The fraction of sp³-hybridized carbons (Fsp3) is 0.500. The molecule has 0 bridgehead atoms. The maximum Gasteiger partial charge on any atom is 0.225 e. The molecule has 0 saturated carbocycles. The number of nitrogens with zero attached hydrogens (tertiary/aromatic N) is 2. The first-order valence-corrected chi connectivity index (χ1v) is 5.59. The molecular formula is C12H17N3O. The van der Waals surface area contributed by atoms with Crippen molar-refractivity contribution < 1.29 is 4.79 Å². The van der Waals surface area contributed by atoms with Crippen LogP contribution in [0.5, 0.6) is 0 Å². The van der Waals surface area contributed by atoms with Crippen LogP contribution >= 0.6 is 0 Å². The van der Waals surface area contributed by atoms with Crippen LogP contribution in [0.1, 0.15) is 32.0 Å².